The minimum absolute atomic E-state index is 0.360. The maximum atomic E-state index is 12.8. The lowest BCUT2D eigenvalue weighted by atomic mass is 10.1. The Morgan fingerprint density at radius 1 is 1.03 bits per heavy atom. The lowest BCUT2D eigenvalue weighted by Gasteiger charge is -2.06. The van der Waals surface area contributed by atoms with Crippen LogP contribution in [0.15, 0.2) is 60.8 Å². The van der Waals surface area contributed by atoms with Crippen molar-refractivity contribution in [3.63, 3.8) is 0 Å². The van der Waals surface area contributed by atoms with E-state index in [0.29, 0.717) is 29.9 Å². The summed E-state index contributed by atoms with van der Waals surface area (Å²) in [6.45, 7) is 3.94. The molecule has 1 amide bonds. The Bertz CT molecular complexity index is 1190. The first-order valence-electron chi connectivity index (χ1n) is 9.55. The molecular weight excluding hydrogens is 364 g/mol. The van der Waals surface area contributed by atoms with Gasteiger partial charge >= 0.3 is 0 Å². The van der Waals surface area contributed by atoms with Gasteiger partial charge in [0.25, 0.3) is 11.7 Å². The summed E-state index contributed by atoms with van der Waals surface area (Å²) in [6, 6.07) is 17.6. The number of rotatable bonds is 6. The second kappa shape index (κ2) is 7.75. The molecule has 0 aliphatic heterocycles. The quantitative estimate of drug-likeness (QED) is 0.393. The van der Waals surface area contributed by atoms with Crippen LogP contribution in [0.1, 0.15) is 27.3 Å². The number of Topliss-reactive ketones (excluding diaryl/α,β-unsaturated/α-hetero) is 1. The van der Waals surface area contributed by atoms with Gasteiger partial charge in [-0.15, -0.1) is 0 Å². The molecule has 4 aromatic rings. The third kappa shape index (κ3) is 3.57. The molecule has 0 unspecified atom stereocenters. The van der Waals surface area contributed by atoms with Crippen molar-refractivity contribution in [3.05, 3.63) is 83.3 Å². The van der Waals surface area contributed by atoms with Crippen molar-refractivity contribution in [2.24, 2.45) is 0 Å². The maximum absolute atomic E-state index is 12.8. The van der Waals surface area contributed by atoms with Crippen molar-refractivity contribution in [2.75, 3.05) is 6.54 Å². The number of fused-ring (bicyclic) bond motifs is 1. The van der Waals surface area contributed by atoms with Crippen molar-refractivity contribution in [1.29, 1.82) is 0 Å². The first-order valence-corrected chi connectivity index (χ1v) is 9.55. The van der Waals surface area contributed by atoms with E-state index in [9.17, 15) is 9.59 Å². The molecule has 4 rings (SSSR count). The van der Waals surface area contributed by atoms with Crippen molar-refractivity contribution >= 4 is 22.6 Å². The van der Waals surface area contributed by atoms with Crippen LogP contribution in [0.2, 0.25) is 0 Å². The van der Waals surface area contributed by atoms with Gasteiger partial charge in [0.1, 0.15) is 0 Å². The number of aryl methyl sites for hydroxylation is 1. The summed E-state index contributed by atoms with van der Waals surface area (Å²) < 4.78 is 1.70. The summed E-state index contributed by atoms with van der Waals surface area (Å²) in [4.78, 5) is 28.5. The van der Waals surface area contributed by atoms with Gasteiger partial charge < -0.3 is 10.3 Å². The molecule has 0 atom stereocenters. The van der Waals surface area contributed by atoms with E-state index in [-0.39, 0.29) is 0 Å². The van der Waals surface area contributed by atoms with Crippen LogP contribution in [-0.2, 0) is 11.2 Å². The van der Waals surface area contributed by atoms with Crippen LogP contribution < -0.4 is 5.32 Å². The number of amides is 1. The van der Waals surface area contributed by atoms with Gasteiger partial charge in [-0.25, -0.2) is 4.68 Å². The van der Waals surface area contributed by atoms with E-state index in [1.54, 1.807) is 18.5 Å². The molecule has 146 valence electrons. The normalized spacial score (nSPS) is 11.0. The topological polar surface area (TPSA) is 79.8 Å². The van der Waals surface area contributed by atoms with E-state index in [4.69, 9.17) is 0 Å². The molecule has 0 radical (unpaired) electrons. The summed E-state index contributed by atoms with van der Waals surface area (Å²) in [6.07, 6.45) is 2.58. The molecule has 0 aliphatic carbocycles. The number of hydrogen-bond acceptors (Lipinski definition) is 3. The number of aromatic amines is 1. The number of H-pyrrole nitrogens is 1. The van der Waals surface area contributed by atoms with Gasteiger partial charge in [0.2, 0.25) is 0 Å². The summed E-state index contributed by atoms with van der Waals surface area (Å²) in [5.74, 6) is -1.16. The average molecular weight is 386 g/mol. The van der Waals surface area contributed by atoms with E-state index in [1.807, 2.05) is 60.8 Å². The molecule has 29 heavy (non-hydrogen) atoms. The molecule has 6 nitrogen and oxygen atoms in total. The van der Waals surface area contributed by atoms with E-state index in [2.05, 4.69) is 15.4 Å². The minimum Gasteiger partial charge on any atom is -0.361 e. The molecule has 0 saturated heterocycles. The molecule has 0 spiro atoms. The summed E-state index contributed by atoms with van der Waals surface area (Å²) in [7, 11) is 0. The largest absolute Gasteiger partial charge is 0.361 e. The third-order valence-corrected chi connectivity index (χ3v) is 5.08. The maximum Gasteiger partial charge on any atom is 0.292 e. The van der Waals surface area contributed by atoms with Crippen LogP contribution in [0, 0.1) is 13.8 Å². The number of hydrogen-bond donors (Lipinski definition) is 2. The number of nitrogens with one attached hydrogen (secondary N) is 2. The number of carbonyl (C=O) groups is 2. The monoisotopic (exact) mass is 386 g/mol. The highest BCUT2D eigenvalue weighted by molar-refractivity contribution is 6.43. The minimum atomic E-state index is -0.608. The Balaban J connectivity index is 1.46. The van der Waals surface area contributed by atoms with E-state index in [1.165, 1.54) is 0 Å². The number of carbonyl (C=O) groups excluding carboxylic acids is 2. The highest BCUT2D eigenvalue weighted by Crippen LogP contribution is 2.19. The Morgan fingerprint density at radius 2 is 1.76 bits per heavy atom. The van der Waals surface area contributed by atoms with Crippen LogP contribution in [0.4, 0.5) is 0 Å². The molecule has 0 saturated carbocycles. The SMILES string of the molecule is Cc1nn(-c2ccccc2)c(C)c1C(=O)C(=O)NCCc1c[nH]c2ccccc12. The first-order chi connectivity index (χ1) is 14.1. The second-order valence-corrected chi connectivity index (χ2v) is 6.99. The predicted molar refractivity (Wildman–Crippen MR) is 112 cm³/mol. The zero-order chi connectivity index (χ0) is 20.4. The van der Waals surface area contributed by atoms with Crippen molar-refractivity contribution < 1.29 is 9.59 Å². The Hall–Kier alpha value is -3.67. The van der Waals surface area contributed by atoms with Crippen LogP contribution in [0.3, 0.4) is 0 Å². The van der Waals surface area contributed by atoms with E-state index in [0.717, 1.165) is 22.2 Å². The van der Waals surface area contributed by atoms with E-state index < -0.39 is 11.7 Å². The fourth-order valence-corrected chi connectivity index (χ4v) is 3.63. The third-order valence-electron chi connectivity index (χ3n) is 5.08. The van der Waals surface area contributed by atoms with Crippen LogP contribution in [0.5, 0.6) is 0 Å². The fourth-order valence-electron chi connectivity index (χ4n) is 3.63. The van der Waals surface area contributed by atoms with Gasteiger partial charge in [0, 0.05) is 23.6 Å². The average Bonchev–Trinajstić information content (AvgIpc) is 3.28. The van der Waals surface area contributed by atoms with Crippen molar-refractivity contribution in [1.82, 2.24) is 20.1 Å². The summed E-state index contributed by atoms with van der Waals surface area (Å²) >= 11 is 0. The number of ketones is 1. The van der Waals surface area contributed by atoms with Gasteiger partial charge in [-0.2, -0.15) is 5.10 Å². The second-order valence-electron chi connectivity index (χ2n) is 6.99. The Labute approximate surface area is 168 Å². The summed E-state index contributed by atoms with van der Waals surface area (Å²) in [5, 5.41) is 8.33. The highest BCUT2D eigenvalue weighted by atomic mass is 16.2. The van der Waals surface area contributed by atoms with E-state index >= 15 is 0 Å². The number of nitrogens with zero attached hydrogens (tertiary/aromatic N) is 2. The lowest BCUT2D eigenvalue weighted by molar-refractivity contribution is -0.116. The zero-order valence-corrected chi connectivity index (χ0v) is 16.4. The molecule has 0 fully saturated rings. The molecule has 2 N–H and O–H groups in total. The van der Waals surface area contributed by atoms with Crippen LogP contribution in [-0.4, -0.2) is 33.0 Å². The Kier molecular flexibility index (Phi) is 4.99. The molecule has 0 aliphatic rings. The molecule has 2 aromatic carbocycles. The van der Waals surface area contributed by atoms with Gasteiger partial charge in [-0.3, -0.25) is 9.59 Å². The zero-order valence-electron chi connectivity index (χ0n) is 16.4. The fraction of sp³-hybridized carbons (Fsp3) is 0.174. The molecular formula is C23H22N4O2. The number of benzene rings is 2. The summed E-state index contributed by atoms with van der Waals surface area (Å²) in [5.41, 5.74) is 4.58. The van der Waals surface area contributed by atoms with Crippen molar-refractivity contribution in [2.45, 2.75) is 20.3 Å². The lowest BCUT2D eigenvalue weighted by Crippen LogP contribution is -2.33. The van der Waals surface area contributed by atoms with Gasteiger partial charge in [0.05, 0.1) is 22.6 Å². The first kappa shape index (κ1) is 18.7. The Morgan fingerprint density at radius 3 is 2.55 bits per heavy atom. The number of para-hydroxylation sites is 2. The van der Waals surface area contributed by atoms with Crippen LogP contribution >= 0.6 is 0 Å². The highest BCUT2D eigenvalue weighted by Gasteiger charge is 2.24. The molecule has 0 bridgehead atoms. The van der Waals surface area contributed by atoms with Crippen LogP contribution in [0.25, 0.3) is 16.6 Å². The van der Waals surface area contributed by atoms with Gasteiger partial charge in [-0.05, 0) is 44.0 Å². The standard InChI is InChI=1S/C23H22N4O2/c1-15-21(16(2)27(26-15)18-8-4-3-5-9-18)22(28)23(29)24-13-12-17-14-25-20-11-7-6-10-19(17)20/h3-11,14,25H,12-13H2,1-2H3,(H,24,29). The predicted octanol–water partition coefficient (Wildman–Crippen LogP) is 3.51. The number of aromatic nitrogens is 3. The van der Waals surface area contributed by atoms with Crippen molar-refractivity contribution in [3.8, 4) is 5.69 Å². The molecule has 6 heteroatoms. The van der Waals surface area contributed by atoms with Gasteiger partial charge in [0.15, 0.2) is 0 Å². The molecule has 2 aromatic heterocycles. The smallest absolute Gasteiger partial charge is 0.292 e. The van der Waals surface area contributed by atoms with Gasteiger partial charge in [-0.1, -0.05) is 36.4 Å². The molecule has 2 heterocycles.